The molecule has 1 fully saturated rings. The summed E-state index contributed by atoms with van der Waals surface area (Å²) in [5, 5.41) is 0. The highest BCUT2D eigenvalue weighted by molar-refractivity contribution is 7.86. The number of aromatic nitrogens is 4. The van der Waals surface area contributed by atoms with Crippen LogP contribution in [-0.4, -0.2) is 63.7 Å². The summed E-state index contributed by atoms with van der Waals surface area (Å²) in [6.45, 7) is 1.10. The van der Waals surface area contributed by atoms with Gasteiger partial charge in [-0.25, -0.2) is 9.97 Å². The van der Waals surface area contributed by atoms with Crippen molar-refractivity contribution in [3.05, 3.63) is 30.5 Å². The number of nitrogens with zero attached hydrogens (tertiary/aromatic N) is 6. The number of hydrogen-bond donors (Lipinski definition) is 0. The van der Waals surface area contributed by atoms with E-state index in [-0.39, 0.29) is 5.92 Å². The van der Waals surface area contributed by atoms with Gasteiger partial charge in [0.25, 0.3) is 10.2 Å². The average molecular weight is 364 g/mol. The van der Waals surface area contributed by atoms with E-state index in [1.165, 1.54) is 4.31 Å². The summed E-state index contributed by atoms with van der Waals surface area (Å²) in [6.07, 6.45) is 9.63. The molecule has 2 aromatic heterocycles. The molecule has 1 saturated heterocycles. The van der Waals surface area contributed by atoms with Crippen molar-refractivity contribution in [1.29, 1.82) is 0 Å². The van der Waals surface area contributed by atoms with Gasteiger partial charge in [-0.2, -0.15) is 17.0 Å². The molecular weight excluding hydrogens is 340 g/mol. The summed E-state index contributed by atoms with van der Waals surface area (Å²) in [7, 11) is 1.70. The van der Waals surface area contributed by atoms with Crippen molar-refractivity contribution in [3.8, 4) is 11.5 Å². The fraction of sp³-hybridized carbons (Fsp3) is 0.562. The predicted octanol–water partition coefficient (Wildman–Crippen LogP) is 0.938. The lowest BCUT2D eigenvalue weighted by molar-refractivity contribution is 0.253. The number of piperidine rings is 1. The Morgan fingerprint density at radius 2 is 2.12 bits per heavy atom. The zero-order chi connectivity index (χ0) is 18.0. The fourth-order valence-electron chi connectivity index (χ4n) is 3.15. The van der Waals surface area contributed by atoms with E-state index in [1.54, 1.807) is 37.0 Å². The molecule has 0 radical (unpaired) electrons. The molecule has 0 spiro atoms. The molecule has 3 rings (SSSR count). The second kappa shape index (κ2) is 7.19. The van der Waals surface area contributed by atoms with Crippen LogP contribution < -0.4 is 0 Å². The molecule has 3 heterocycles. The summed E-state index contributed by atoms with van der Waals surface area (Å²) in [6, 6.07) is 0. The van der Waals surface area contributed by atoms with Gasteiger partial charge >= 0.3 is 0 Å². The maximum absolute atomic E-state index is 12.3. The van der Waals surface area contributed by atoms with Gasteiger partial charge in [0.2, 0.25) is 0 Å². The molecule has 8 nitrogen and oxygen atoms in total. The minimum absolute atomic E-state index is 0.245. The van der Waals surface area contributed by atoms with Gasteiger partial charge in [-0.15, -0.1) is 0 Å². The highest BCUT2D eigenvalue weighted by Gasteiger charge is 2.30. The van der Waals surface area contributed by atoms with Crippen molar-refractivity contribution >= 4 is 10.2 Å². The van der Waals surface area contributed by atoms with Gasteiger partial charge in [0.1, 0.15) is 5.69 Å². The Labute approximate surface area is 148 Å². The molecule has 0 bridgehead atoms. The van der Waals surface area contributed by atoms with Crippen molar-refractivity contribution in [3.63, 3.8) is 0 Å². The maximum Gasteiger partial charge on any atom is 0.281 e. The first-order valence-corrected chi connectivity index (χ1v) is 9.74. The van der Waals surface area contributed by atoms with Crippen LogP contribution in [0.3, 0.4) is 0 Å². The van der Waals surface area contributed by atoms with Crippen LogP contribution in [-0.2, 0) is 23.7 Å². The summed E-state index contributed by atoms with van der Waals surface area (Å²) >= 11 is 0. The molecule has 25 heavy (non-hydrogen) atoms. The molecule has 1 atom stereocenters. The van der Waals surface area contributed by atoms with Gasteiger partial charge in [-0.05, 0) is 25.2 Å². The molecule has 136 valence electrons. The van der Waals surface area contributed by atoms with Crippen molar-refractivity contribution in [2.24, 2.45) is 13.0 Å². The van der Waals surface area contributed by atoms with E-state index < -0.39 is 10.2 Å². The maximum atomic E-state index is 12.3. The van der Waals surface area contributed by atoms with Gasteiger partial charge in [0.05, 0.1) is 11.9 Å². The Kier molecular flexibility index (Phi) is 5.16. The second-order valence-corrected chi connectivity index (χ2v) is 8.76. The van der Waals surface area contributed by atoms with E-state index in [0.717, 1.165) is 30.1 Å². The van der Waals surface area contributed by atoms with Gasteiger partial charge in [-0.1, -0.05) is 0 Å². The molecule has 0 amide bonds. The van der Waals surface area contributed by atoms with Crippen LogP contribution >= 0.6 is 0 Å². The topological polar surface area (TPSA) is 84.2 Å². The summed E-state index contributed by atoms with van der Waals surface area (Å²) in [5.74, 6) is 1.02. The highest BCUT2D eigenvalue weighted by atomic mass is 32.2. The first-order valence-electron chi connectivity index (χ1n) is 8.34. The lowest BCUT2D eigenvalue weighted by Gasteiger charge is -2.33. The third-order valence-electron chi connectivity index (χ3n) is 4.50. The van der Waals surface area contributed by atoms with Crippen LogP contribution in [0.1, 0.15) is 18.5 Å². The van der Waals surface area contributed by atoms with E-state index in [2.05, 4.69) is 15.0 Å². The second-order valence-electron chi connectivity index (χ2n) is 6.62. The minimum atomic E-state index is -3.36. The van der Waals surface area contributed by atoms with Crippen LogP contribution in [0.4, 0.5) is 0 Å². The van der Waals surface area contributed by atoms with Crippen molar-refractivity contribution in [2.75, 3.05) is 27.2 Å². The predicted molar refractivity (Wildman–Crippen MR) is 94.8 cm³/mol. The van der Waals surface area contributed by atoms with E-state index in [0.29, 0.717) is 19.5 Å². The molecule has 9 heteroatoms. The highest BCUT2D eigenvalue weighted by Crippen LogP contribution is 2.23. The van der Waals surface area contributed by atoms with Crippen molar-refractivity contribution in [2.45, 2.75) is 19.3 Å². The third kappa shape index (κ3) is 3.88. The van der Waals surface area contributed by atoms with Crippen LogP contribution in [0, 0.1) is 5.92 Å². The standard InChI is InChI=1S/C16H24N6O2S/c1-20(2)25(23,24)22-7-4-5-13(12-22)9-14-10-17-11-15(19-14)16-18-6-8-21(16)3/h6,8,10-11,13H,4-5,7,9,12H2,1-3H3/t13-/m1/s1. The Morgan fingerprint density at radius 3 is 2.80 bits per heavy atom. The van der Waals surface area contributed by atoms with Crippen molar-refractivity contribution < 1.29 is 8.42 Å². The first kappa shape index (κ1) is 18.0. The smallest absolute Gasteiger partial charge is 0.281 e. The Balaban J connectivity index is 1.73. The first-order chi connectivity index (χ1) is 11.9. The normalized spacial score (nSPS) is 19.4. The third-order valence-corrected chi connectivity index (χ3v) is 6.41. The van der Waals surface area contributed by atoms with Crippen LogP contribution in [0.2, 0.25) is 0 Å². The zero-order valence-corrected chi connectivity index (χ0v) is 15.6. The van der Waals surface area contributed by atoms with Crippen molar-refractivity contribution in [1.82, 2.24) is 28.1 Å². The zero-order valence-electron chi connectivity index (χ0n) is 14.8. The lowest BCUT2D eigenvalue weighted by atomic mass is 9.95. The van der Waals surface area contributed by atoms with Crippen LogP contribution in [0.25, 0.3) is 11.5 Å². The minimum Gasteiger partial charge on any atom is -0.333 e. The molecule has 0 aromatic carbocycles. The lowest BCUT2D eigenvalue weighted by Crippen LogP contribution is -2.45. The summed E-state index contributed by atoms with van der Waals surface area (Å²) in [4.78, 5) is 13.3. The SMILES string of the molecule is CN(C)S(=O)(=O)N1CCC[C@H](Cc2cncc(-c3nccn3C)n2)C1. The summed E-state index contributed by atoms with van der Waals surface area (Å²) in [5.41, 5.74) is 1.60. The van der Waals surface area contributed by atoms with Gasteiger partial charge in [0.15, 0.2) is 5.82 Å². The quantitative estimate of drug-likeness (QED) is 0.788. The van der Waals surface area contributed by atoms with Gasteiger partial charge in [-0.3, -0.25) is 4.98 Å². The molecule has 0 N–H and O–H groups in total. The molecule has 1 aliphatic rings. The fourth-order valence-corrected chi connectivity index (χ4v) is 4.38. The van der Waals surface area contributed by atoms with E-state index in [4.69, 9.17) is 0 Å². The Bertz CT molecular complexity index is 833. The molecule has 0 aliphatic carbocycles. The molecule has 0 saturated carbocycles. The largest absolute Gasteiger partial charge is 0.333 e. The monoisotopic (exact) mass is 364 g/mol. The van der Waals surface area contributed by atoms with E-state index >= 15 is 0 Å². The van der Waals surface area contributed by atoms with Gasteiger partial charge < -0.3 is 4.57 Å². The Hall–Kier alpha value is -1.84. The molecule has 2 aromatic rings. The number of hydrogen-bond acceptors (Lipinski definition) is 5. The number of imidazole rings is 1. The van der Waals surface area contributed by atoms with E-state index in [9.17, 15) is 8.42 Å². The van der Waals surface area contributed by atoms with E-state index in [1.807, 2.05) is 17.8 Å². The van der Waals surface area contributed by atoms with Crippen LogP contribution in [0.15, 0.2) is 24.8 Å². The number of aryl methyl sites for hydroxylation is 1. The number of rotatable bonds is 5. The summed E-state index contributed by atoms with van der Waals surface area (Å²) < 4.78 is 29.4. The molecule has 1 aliphatic heterocycles. The molecular formula is C16H24N6O2S. The van der Waals surface area contributed by atoms with Gasteiger partial charge in [0, 0.05) is 52.8 Å². The Morgan fingerprint density at radius 1 is 1.32 bits per heavy atom. The average Bonchev–Trinajstić information content (AvgIpc) is 3.01. The molecule has 0 unspecified atom stereocenters. The van der Waals surface area contributed by atoms with Crippen LogP contribution in [0.5, 0.6) is 0 Å².